The van der Waals surface area contributed by atoms with Gasteiger partial charge in [-0.3, -0.25) is 4.79 Å². The van der Waals surface area contributed by atoms with Crippen molar-refractivity contribution in [2.24, 2.45) is 5.92 Å². The summed E-state index contributed by atoms with van der Waals surface area (Å²) in [6.07, 6.45) is -2.27. The molecule has 0 bridgehead atoms. The molecule has 2 rings (SSSR count). The van der Waals surface area contributed by atoms with Crippen LogP contribution in [0, 0.1) is 5.92 Å². The van der Waals surface area contributed by atoms with E-state index in [1.54, 1.807) is 0 Å². The maximum absolute atomic E-state index is 12.5. The van der Waals surface area contributed by atoms with E-state index in [2.05, 4.69) is 5.32 Å². The summed E-state index contributed by atoms with van der Waals surface area (Å²) in [7, 11) is 0. The van der Waals surface area contributed by atoms with E-state index < -0.39 is 17.3 Å². The topological polar surface area (TPSA) is 34.0 Å². The van der Waals surface area contributed by atoms with Crippen molar-refractivity contribution in [2.45, 2.75) is 19.1 Å². The zero-order valence-electron chi connectivity index (χ0n) is 9.13. The Bertz CT molecular complexity index is 447. The van der Waals surface area contributed by atoms with Crippen LogP contribution in [0.2, 0.25) is 0 Å². The molecule has 94 valence electrons. The Morgan fingerprint density at radius 1 is 1.47 bits per heavy atom. The lowest BCUT2D eigenvalue weighted by atomic mass is 10.1. The predicted molar refractivity (Wildman–Crippen MR) is 56.7 cm³/mol. The van der Waals surface area contributed by atoms with Crippen LogP contribution >= 0.6 is 0 Å². The van der Waals surface area contributed by atoms with Crippen molar-refractivity contribution < 1.29 is 13.2 Å². The average molecular weight is 246 g/mol. The Balaban J connectivity index is 2.26. The molecule has 0 saturated carbocycles. The van der Waals surface area contributed by atoms with Crippen LogP contribution in [0.15, 0.2) is 23.1 Å². The number of hydrogen-bond donors (Lipinski definition) is 1. The number of hydrogen-bond acceptors (Lipinski definition) is 2. The summed E-state index contributed by atoms with van der Waals surface area (Å²) in [4.78, 5) is 11.6. The van der Waals surface area contributed by atoms with E-state index in [4.69, 9.17) is 0 Å². The third-order valence-electron chi connectivity index (χ3n) is 2.94. The molecule has 0 aliphatic carbocycles. The molecule has 17 heavy (non-hydrogen) atoms. The lowest BCUT2D eigenvalue weighted by Gasteiger charge is -2.13. The van der Waals surface area contributed by atoms with Crippen LogP contribution in [0.1, 0.15) is 12.0 Å². The fourth-order valence-electron chi connectivity index (χ4n) is 2.04. The van der Waals surface area contributed by atoms with Crippen molar-refractivity contribution in [3.05, 3.63) is 34.2 Å². The fourth-order valence-corrected chi connectivity index (χ4v) is 2.04. The predicted octanol–water partition coefficient (Wildman–Crippen LogP) is 1.48. The average Bonchev–Trinajstić information content (AvgIpc) is 2.72. The van der Waals surface area contributed by atoms with Crippen molar-refractivity contribution in [3.8, 4) is 0 Å². The zero-order chi connectivity index (χ0) is 12.5. The summed E-state index contributed by atoms with van der Waals surface area (Å²) in [6, 6.07) is 2.10. The molecule has 0 amide bonds. The Labute approximate surface area is 96.3 Å². The number of pyridine rings is 1. The van der Waals surface area contributed by atoms with Gasteiger partial charge in [0.2, 0.25) is 0 Å². The molecule has 1 unspecified atom stereocenters. The first kappa shape index (κ1) is 12.2. The molecule has 0 radical (unpaired) electrons. The fraction of sp³-hybridized carbons (Fsp3) is 0.545. The second-order valence-corrected chi connectivity index (χ2v) is 4.24. The standard InChI is InChI=1S/C11H13F3N2O/c12-11(13,14)9-2-1-5-16(10(9)17)7-8-3-4-15-6-8/h1-2,5,8,15H,3-4,6-7H2. The smallest absolute Gasteiger partial charge is 0.316 e. The first-order chi connectivity index (χ1) is 7.98. The van der Waals surface area contributed by atoms with Crippen LogP contribution in [0.3, 0.4) is 0 Å². The van der Waals surface area contributed by atoms with Crippen LogP contribution in [0.25, 0.3) is 0 Å². The summed E-state index contributed by atoms with van der Waals surface area (Å²) in [5.41, 5.74) is -2.04. The summed E-state index contributed by atoms with van der Waals surface area (Å²) in [6.45, 7) is 1.96. The van der Waals surface area contributed by atoms with Crippen LogP contribution in [-0.2, 0) is 12.7 Å². The second-order valence-electron chi connectivity index (χ2n) is 4.24. The van der Waals surface area contributed by atoms with E-state index in [9.17, 15) is 18.0 Å². The Hall–Kier alpha value is -1.30. The minimum Gasteiger partial charge on any atom is -0.316 e. The minimum absolute atomic E-state index is 0.233. The van der Waals surface area contributed by atoms with Crippen molar-refractivity contribution >= 4 is 0 Å². The van der Waals surface area contributed by atoms with Crippen molar-refractivity contribution in [2.75, 3.05) is 13.1 Å². The van der Waals surface area contributed by atoms with Gasteiger partial charge in [-0.25, -0.2) is 0 Å². The molecule has 1 aromatic heterocycles. The molecule has 0 spiro atoms. The monoisotopic (exact) mass is 246 g/mol. The van der Waals surface area contributed by atoms with Gasteiger partial charge in [0, 0.05) is 12.7 Å². The summed E-state index contributed by atoms with van der Waals surface area (Å²) < 4.78 is 38.7. The van der Waals surface area contributed by atoms with Gasteiger partial charge in [-0.2, -0.15) is 13.2 Å². The van der Waals surface area contributed by atoms with Gasteiger partial charge in [-0.15, -0.1) is 0 Å². The zero-order valence-corrected chi connectivity index (χ0v) is 9.13. The number of nitrogens with one attached hydrogen (secondary N) is 1. The lowest BCUT2D eigenvalue weighted by Crippen LogP contribution is -2.30. The number of aromatic nitrogens is 1. The summed E-state index contributed by atoms with van der Waals surface area (Å²) >= 11 is 0. The van der Waals surface area contributed by atoms with Crippen molar-refractivity contribution in [1.29, 1.82) is 0 Å². The maximum atomic E-state index is 12.5. The van der Waals surface area contributed by atoms with Crippen LogP contribution in [-0.4, -0.2) is 17.7 Å². The van der Waals surface area contributed by atoms with Crippen LogP contribution in [0.4, 0.5) is 13.2 Å². The van der Waals surface area contributed by atoms with E-state index in [0.29, 0.717) is 6.54 Å². The minimum atomic E-state index is -4.58. The second kappa shape index (κ2) is 4.52. The van der Waals surface area contributed by atoms with Crippen LogP contribution < -0.4 is 10.9 Å². The summed E-state index contributed by atoms with van der Waals surface area (Å²) in [5, 5.41) is 3.12. The highest BCUT2D eigenvalue weighted by molar-refractivity contribution is 5.14. The Morgan fingerprint density at radius 2 is 2.24 bits per heavy atom. The van der Waals surface area contributed by atoms with Gasteiger partial charge in [0.1, 0.15) is 5.56 Å². The van der Waals surface area contributed by atoms with E-state index in [1.165, 1.54) is 12.3 Å². The van der Waals surface area contributed by atoms with Crippen LogP contribution in [0.5, 0.6) is 0 Å². The van der Waals surface area contributed by atoms with Crippen molar-refractivity contribution in [3.63, 3.8) is 0 Å². The molecule has 0 aromatic carbocycles. The Kier molecular flexibility index (Phi) is 3.24. The van der Waals surface area contributed by atoms with Gasteiger partial charge >= 0.3 is 6.18 Å². The molecule has 6 heteroatoms. The molecular weight excluding hydrogens is 233 g/mol. The molecule has 1 aliphatic heterocycles. The maximum Gasteiger partial charge on any atom is 0.421 e. The first-order valence-electron chi connectivity index (χ1n) is 5.46. The molecular formula is C11H13F3N2O. The van der Waals surface area contributed by atoms with E-state index >= 15 is 0 Å². The van der Waals surface area contributed by atoms with Gasteiger partial charge < -0.3 is 9.88 Å². The lowest BCUT2D eigenvalue weighted by molar-refractivity contribution is -0.139. The van der Waals surface area contributed by atoms with Gasteiger partial charge in [0.25, 0.3) is 5.56 Å². The summed E-state index contributed by atoms with van der Waals surface area (Å²) in [5.74, 6) is 0.233. The molecule has 1 aliphatic rings. The Morgan fingerprint density at radius 3 is 2.82 bits per heavy atom. The number of rotatable bonds is 2. The number of alkyl halides is 3. The molecule has 1 saturated heterocycles. The molecule has 1 aromatic rings. The molecule has 1 N–H and O–H groups in total. The van der Waals surface area contributed by atoms with Gasteiger partial charge in [0.15, 0.2) is 0 Å². The van der Waals surface area contributed by atoms with Crippen molar-refractivity contribution in [1.82, 2.24) is 9.88 Å². The molecule has 1 fully saturated rings. The third kappa shape index (κ3) is 2.69. The SMILES string of the molecule is O=c1c(C(F)(F)F)cccn1CC1CCNC1. The molecule has 1 atom stereocenters. The highest BCUT2D eigenvalue weighted by Gasteiger charge is 2.34. The first-order valence-corrected chi connectivity index (χ1v) is 5.46. The van der Waals surface area contributed by atoms with E-state index in [1.807, 2.05) is 0 Å². The number of halogens is 3. The van der Waals surface area contributed by atoms with Gasteiger partial charge in [-0.05, 0) is 37.6 Å². The quantitative estimate of drug-likeness (QED) is 0.857. The third-order valence-corrected chi connectivity index (χ3v) is 2.94. The van der Waals surface area contributed by atoms with E-state index in [-0.39, 0.29) is 5.92 Å². The van der Waals surface area contributed by atoms with Gasteiger partial charge in [-0.1, -0.05) is 0 Å². The molecule has 3 nitrogen and oxygen atoms in total. The molecule has 2 heterocycles. The highest BCUT2D eigenvalue weighted by atomic mass is 19.4. The normalized spacial score (nSPS) is 20.8. The highest BCUT2D eigenvalue weighted by Crippen LogP contribution is 2.26. The van der Waals surface area contributed by atoms with E-state index in [0.717, 1.165) is 30.1 Å². The van der Waals surface area contributed by atoms with Gasteiger partial charge in [0.05, 0.1) is 0 Å². The number of nitrogens with zero attached hydrogens (tertiary/aromatic N) is 1. The largest absolute Gasteiger partial charge is 0.421 e.